The van der Waals surface area contributed by atoms with Crippen LogP contribution in [0.15, 0.2) is 53.3 Å². The first-order chi connectivity index (χ1) is 22.0. The predicted molar refractivity (Wildman–Crippen MR) is 179 cm³/mol. The molecule has 3 aromatic heterocycles. The smallest absolute Gasteiger partial charge is 0.259 e. The molecule has 1 unspecified atom stereocenters. The van der Waals surface area contributed by atoms with Crippen molar-refractivity contribution in [3.8, 4) is 22.5 Å². The van der Waals surface area contributed by atoms with Crippen LogP contribution in [0.2, 0.25) is 0 Å². The summed E-state index contributed by atoms with van der Waals surface area (Å²) >= 11 is 0. The van der Waals surface area contributed by atoms with E-state index in [9.17, 15) is 9.90 Å². The molecule has 0 amide bonds. The van der Waals surface area contributed by atoms with Gasteiger partial charge in [0.15, 0.2) is 0 Å². The molecule has 0 aliphatic carbocycles. The lowest BCUT2D eigenvalue weighted by molar-refractivity contribution is -0.112. The third-order valence-corrected chi connectivity index (χ3v) is 8.83. The molecule has 2 aromatic carbocycles. The monoisotopic (exact) mass is 626 g/mol. The first kappa shape index (κ1) is 33.2. The molecule has 0 spiro atoms. The number of nitrogens with zero attached hydrogens (tertiary/aromatic N) is 7. The summed E-state index contributed by atoms with van der Waals surface area (Å²) in [6, 6.07) is 16.1. The molecule has 0 radical (unpaired) electrons. The summed E-state index contributed by atoms with van der Waals surface area (Å²) in [5.41, 5.74) is 4.65. The first-order valence-corrected chi connectivity index (χ1v) is 16.3. The van der Waals surface area contributed by atoms with E-state index in [2.05, 4.69) is 65.7 Å². The molecule has 11 nitrogen and oxygen atoms in total. The Morgan fingerprint density at radius 2 is 1.74 bits per heavy atom. The molecule has 5 rings (SSSR count). The minimum Gasteiger partial charge on any atom is -0.388 e. The molecule has 0 saturated carbocycles. The van der Waals surface area contributed by atoms with Crippen LogP contribution in [0.4, 0.5) is 0 Å². The van der Waals surface area contributed by atoms with Gasteiger partial charge in [0.1, 0.15) is 5.82 Å². The first-order valence-electron chi connectivity index (χ1n) is 16.3. The van der Waals surface area contributed by atoms with Crippen LogP contribution in [0.1, 0.15) is 95.9 Å². The Morgan fingerprint density at radius 3 is 2.37 bits per heavy atom. The van der Waals surface area contributed by atoms with E-state index in [1.807, 2.05) is 47.2 Å². The van der Waals surface area contributed by atoms with E-state index in [1.165, 1.54) is 0 Å². The van der Waals surface area contributed by atoms with E-state index in [4.69, 9.17) is 14.8 Å². The molecule has 46 heavy (non-hydrogen) atoms. The molecule has 0 aliphatic rings. The maximum Gasteiger partial charge on any atom is 0.259 e. The van der Waals surface area contributed by atoms with Crippen molar-refractivity contribution in [2.24, 2.45) is 0 Å². The SMILES string of the molecule is CCCc1c(Cc2ccc(-c3ccccc3-c3nn[nH]n3)cc2)c(=O)n([C@@H](C)CC[C@H](CC)OC(C)C(C)(C)O)c2nc(C)nn12. The summed E-state index contributed by atoms with van der Waals surface area (Å²) in [5, 5.41) is 29.7. The van der Waals surface area contributed by atoms with Gasteiger partial charge in [-0.05, 0) is 82.2 Å². The molecule has 3 heterocycles. The quantitative estimate of drug-likeness (QED) is 0.156. The molecule has 244 valence electrons. The highest BCUT2D eigenvalue weighted by Crippen LogP contribution is 2.30. The van der Waals surface area contributed by atoms with Crippen molar-refractivity contribution in [1.82, 2.24) is 39.8 Å². The molecule has 0 aliphatic heterocycles. The molecular weight excluding hydrogens is 580 g/mol. The molecule has 5 aromatic rings. The van der Waals surface area contributed by atoms with Gasteiger partial charge in [0.2, 0.25) is 11.6 Å². The van der Waals surface area contributed by atoms with Gasteiger partial charge in [0.05, 0.1) is 23.5 Å². The highest BCUT2D eigenvalue weighted by Gasteiger charge is 2.27. The second kappa shape index (κ2) is 14.0. The molecule has 2 N–H and O–H groups in total. The van der Waals surface area contributed by atoms with Gasteiger partial charge in [-0.1, -0.05) is 68.8 Å². The lowest BCUT2D eigenvalue weighted by Crippen LogP contribution is -2.38. The second-order valence-electron chi connectivity index (χ2n) is 12.8. The van der Waals surface area contributed by atoms with Crippen molar-refractivity contribution in [2.45, 2.75) is 111 Å². The summed E-state index contributed by atoms with van der Waals surface area (Å²) in [5.74, 6) is 1.75. The minimum absolute atomic E-state index is 0.0267. The van der Waals surface area contributed by atoms with Crippen LogP contribution in [0.25, 0.3) is 28.3 Å². The summed E-state index contributed by atoms with van der Waals surface area (Å²) in [4.78, 5) is 19.1. The van der Waals surface area contributed by atoms with Crippen molar-refractivity contribution < 1.29 is 9.84 Å². The van der Waals surface area contributed by atoms with Crippen LogP contribution < -0.4 is 5.56 Å². The molecule has 0 saturated heterocycles. The lowest BCUT2D eigenvalue weighted by Gasteiger charge is -2.30. The number of aromatic amines is 1. The number of hydrogen-bond acceptors (Lipinski definition) is 8. The summed E-state index contributed by atoms with van der Waals surface area (Å²) < 4.78 is 9.91. The molecule has 11 heteroatoms. The van der Waals surface area contributed by atoms with Gasteiger partial charge in [0.25, 0.3) is 5.56 Å². The summed E-state index contributed by atoms with van der Waals surface area (Å²) in [6.45, 7) is 13.6. The van der Waals surface area contributed by atoms with E-state index < -0.39 is 5.60 Å². The number of aromatic nitrogens is 8. The van der Waals surface area contributed by atoms with Gasteiger partial charge in [-0.3, -0.25) is 9.36 Å². The number of hydrogen-bond donors (Lipinski definition) is 2. The van der Waals surface area contributed by atoms with Crippen LogP contribution in [0.5, 0.6) is 0 Å². The van der Waals surface area contributed by atoms with Gasteiger partial charge < -0.3 is 9.84 Å². The van der Waals surface area contributed by atoms with Crippen molar-refractivity contribution in [1.29, 1.82) is 0 Å². The third-order valence-electron chi connectivity index (χ3n) is 8.83. The highest BCUT2D eigenvalue weighted by molar-refractivity contribution is 5.80. The van der Waals surface area contributed by atoms with E-state index >= 15 is 0 Å². The highest BCUT2D eigenvalue weighted by atomic mass is 16.5. The number of fused-ring (bicyclic) bond motifs is 1. The Balaban J connectivity index is 1.47. The zero-order valence-electron chi connectivity index (χ0n) is 28.0. The number of aryl methyl sites for hydroxylation is 2. The van der Waals surface area contributed by atoms with Gasteiger partial charge in [0, 0.05) is 23.6 Å². The number of benzene rings is 2. The zero-order chi connectivity index (χ0) is 33.0. The molecule has 0 bridgehead atoms. The lowest BCUT2D eigenvalue weighted by atomic mass is 9.96. The van der Waals surface area contributed by atoms with Gasteiger partial charge in [-0.15, -0.1) is 10.2 Å². The molecule has 0 fully saturated rings. The summed E-state index contributed by atoms with van der Waals surface area (Å²) in [6.07, 6.45) is 4.03. The zero-order valence-corrected chi connectivity index (χ0v) is 28.0. The largest absolute Gasteiger partial charge is 0.388 e. The van der Waals surface area contributed by atoms with Crippen LogP contribution in [0, 0.1) is 6.92 Å². The average molecular weight is 627 g/mol. The number of tetrazole rings is 1. The van der Waals surface area contributed by atoms with Crippen molar-refractivity contribution in [2.75, 3.05) is 0 Å². The van der Waals surface area contributed by atoms with Gasteiger partial charge in [-0.25, -0.2) is 4.52 Å². The van der Waals surface area contributed by atoms with Crippen LogP contribution in [-0.4, -0.2) is 62.7 Å². The molecular formula is C35H46N8O3. The number of nitrogens with one attached hydrogen (secondary N) is 1. The fourth-order valence-corrected chi connectivity index (χ4v) is 5.89. The maximum atomic E-state index is 14.4. The Labute approximate surface area is 270 Å². The van der Waals surface area contributed by atoms with Crippen LogP contribution in [0.3, 0.4) is 0 Å². The standard InChI is InChI=1S/C35H46N8O3/c1-8-12-31-30(21-25-16-18-26(19-17-25)28-13-10-11-14-29(28)32-37-40-41-38-32)33(44)42(34-36-24(5)39-43(31)34)22(3)15-20-27(9-2)46-23(4)35(6,7)45/h10-11,13-14,16-19,22-23,27,45H,8-9,12,15,20-21H2,1-7H3,(H,37,38,40,41)/t22-,23?,27-/m0/s1. The molecule has 3 atom stereocenters. The number of aliphatic hydroxyl groups is 1. The Morgan fingerprint density at radius 1 is 1.02 bits per heavy atom. The van der Waals surface area contributed by atoms with E-state index in [1.54, 1.807) is 13.8 Å². The van der Waals surface area contributed by atoms with Crippen molar-refractivity contribution >= 4 is 5.78 Å². The predicted octanol–water partition coefficient (Wildman–Crippen LogP) is 5.89. The minimum atomic E-state index is -0.930. The van der Waals surface area contributed by atoms with E-state index in [0.29, 0.717) is 23.8 Å². The number of H-pyrrole nitrogens is 1. The Kier molecular flexibility index (Phi) is 10.1. The maximum absolute atomic E-state index is 14.4. The van der Waals surface area contributed by atoms with Crippen LogP contribution in [-0.2, 0) is 17.6 Å². The van der Waals surface area contributed by atoms with Gasteiger partial charge >= 0.3 is 0 Å². The average Bonchev–Trinajstić information content (AvgIpc) is 3.71. The Bertz CT molecular complexity index is 1800. The van der Waals surface area contributed by atoms with Gasteiger partial charge in [-0.2, -0.15) is 15.3 Å². The number of ether oxygens (including phenoxy) is 1. The third kappa shape index (κ3) is 7.10. The Hall–Kier alpha value is -4.22. The summed E-state index contributed by atoms with van der Waals surface area (Å²) in [7, 11) is 0. The second-order valence-corrected chi connectivity index (χ2v) is 12.8. The van der Waals surface area contributed by atoms with Crippen molar-refractivity contribution in [3.63, 3.8) is 0 Å². The fraction of sp³-hybridized carbons (Fsp3) is 0.486. The topological polar surface area (TPSA) is 136 Å². The van der Waals surface area contributed by atoms with E-state index in [-0.39, 0.29) is 23.8 Å². The van der Waals surface area contributed by atoms with E-state index in [0.717, 1.165) is 65.6 Å². The van der Waals surface area contributed by atoms with Crippen molar-refractivity contribution in [3.05, 3.63) is 81.5 Å². The number of rotatable bonds is 14. The fourth-order valence-electron chi connectivity index (χ4n) is 5.89. The normalized spacial score (nSPS) is 14.1. The van der Waals surface area contributed by atoms with Crippen LogP contribution >= 0.6 is 0 Å².